The highest BCUT2D eigenvalue weighted by Crippen LogP contribution is 2.00. The number of H-pyrrole nitrogens is 3. The number of aromatic nitrogens is 17. The minimum Gasteiger partial charge on any atom is -0.365 e. The SMILES string of the molecule is CC.CC.CC.CC.CC.CC.CC.CC.CC.CC.CC.CC.Cc1ccno1.Cc1ccns1.Cc1ccon1.Cc1ccsn1.Cc1cnc[nH]1.Cc1cnc[nH]1.Cc1cncs1.Cc1cnoc1.Cc1cnsc1.Cc1ncc[nH]1.Cn1cccn1.Cn1ccnc1. The molecule has 12 rings (SSSR count). The summed E-state index contributed by atoms with van der Waals surface area (Å²) in [5.41, 5.74) is 8.39. The van der Waals surface area contributed by atoms with Crippen LogP contribution in [-0.4, -0.2) is 82.8 Å². The second-order valence-corrected chi connectivity index (χ2v) is 17.5. The van der Waals surface area contributed by atoms with Gasteiger partial charge in [-0.3, -0.25) is 9.67 Å². The number of hydrogen-bond donors (Lipinski definition) is 3. The van der Waals surface area contributed by atoms with Gasteiger partial charge in [-0.05, 0) is 128 Å². The van der Waals surface area contributed by atoms with Crippen molar-refractivity contribution in [1.82, 2.24) is 82.8 Å². The Hall–Kier alpha value is -7.80. The lowest BCUT2D eigenvalue weighted by Gasteiger charge is -1.77. The molecule has 0 fully saturated rings. The zero-order valence-corrected chi connectivity index (χ0v) is 69.9. The van der Waals surface area contributed by atoms with Crippen molar-refractivity contribution >= 4 is 45.9 Å². The van der Waals surface area contributed by atoms with Gasteiger partial charge in [-0.25, -0.2) is 28.7 Å². The topological polar surface area (TPSA) is 251 Å². The fourth-order valence-electron chi connectivity index (χ4n) is 3.57. The van der Waals surface area contributed by atoms with Gasteiger partial charge in [0, 0.05) is 132 Å². The second kappa shape index (κ2) is 112. The van der Waals surface area contributed by atoms with Crippen molar-refractivity contribution in [3.63, 3.8) is 0 Å². The Bertz CT molecular complexity index is 2040. The molecule has 0 amide bonds. The van der Waals surface area contributed by atoms with Gasteiger partial charge in [0.25, 0.3) is 0 Å². The molecule has 0 aliphatic rings. The molecule has 0 radical (unpaired) electrons. The molecule has 12 heterocycles. The Morgan fingerprint density at radius 2 is 1.04 bits per heavy atom. The fraction of sp³-hybridized carbons (Fsp3) is 0.500. The standard InChI is InChI=1S/5C4H6N2.3C4H5NO.4C4H5NS.12C2H6/c2*1-4-2-5-3-6-4;1-6-3-2-5-4-6;1-6-4-2-3-5-6;1-4-5-2-3-6-4;1-4-2-5-6-3-4;1-4-2-3-6-5-4;1-4-2-3-5-6-4;1-4-2-5-3-6-4;1-4-2-5-6-3-4;1-4-2-3-6-5-4;1-4-2-3-5-6-4;12*1-2/h2*2-3H,1H3,(H,5,6);2*2-4H,1H3;2-3H,1H3,(H,5,6);7*2-3H,1H3;12*1-2H3. The molecule has 0 spiro atoms. The summed E-state index contributed by atoms with van der Waals surface area (Å²) in [6, 6.07) is 9.48. The molecule has 96 heavy (non-hydrogen) atoms. The number of rotatable bonds is 0. The third kappa shape index (κ3) is 108. The van der Waals surface area contributed by atoms with Crippen LogP contribution in [-0.2, 0) is 14.1 Å². The van der Waals surface area contributed by atoms with E-state index in [9.17, 15) is 0 Å². The summed E-state index contributed by atoms with van der Waals surface area (Å²) in [7, 11) is 3.83. The predicted octanol–water partition coefficient (Wildman–Crippen LogP) is 24.1. The quantitative estimate of drug-likeness (QED) is 0.128. The van der Waals surface area contributed by atoms with E-state index in [1.807, 2.05) is 313 Å². The molecule has 0 aliphatic heterocycles. The van der Waals surface area contributed by atoms with E-state index in [1.165, 1.54) is 49.9 Å². The van der Waals surface area contributed by atoms with E-state index >= 15 is 0 Å². The van der Waals surface area contributed by atoms with E-state index in [0.717, 1.165) is 39.9 Å². The Morgan fingerprint density at radius 3 is 1.16 bits per heavy atom. The van der Waals surface area contributed by atoms with Gasteiger partial charge in [0.2, 0.25) is 0 Å². The highest BCUT2D eigenvalue weighted by atomic mass is 32.1. The summed E-state index contributed by atoms with van der Waals surface area (Å²) < 4.78 is 28.8. The van der Waals surface area contributed by atoms with E-state index < -0.39 is 0 Å². The number of thiazole rings is 1. The van der Waals surface area contributed by atoms with Gasteiger partial charge in [0.15, 0.2) is 0 Å². The van der Waals surface area contributed by atoms with Gasteiger partial charge in [-0.2, -0.15) is 9.47 Å². The van der Waals surface area contributed by atoms with Gasteiger partial charge in [-0.15, -0.1) is 11.3 Å². The number of nitrogens with one attached hydrogen (secondary N) is 3. The summed E-state index contributed by atoms with van der Waals surface area (Å²) in [5.74, 6) is 1.82. The van der Waals surface area contributed by atoms with Gasteiger partial charge in [0.1, 0.15) is 24.1 Å². The van der Waals surface area contributed by atoms with Crippen molar-refractivity contribution < 1.29 is 13.6 Å². The Kier molecular flexibility index (Phi) is 134. The summed E-state index contributed by atoms with van der Waals surface area (Å²) in [6.45, 7) is 67.6. The maximum atomic E-state index is 4.58. The van der Waals surface area contributed by atoms with Crippen LogP contribution in [0.3, 0.4) is 0 Å². The van der Waals surface area contributed by atoms with Crippen molar-refractivity contribution in [3.05, 3.63) is 214 Å². The molecule has 24 heteroatoms. The van der Waals surface area contributed by atoms with Crippen LogP contribution in [0, 0.1) is 69.2 Å². The van der Waals surface area contributed by atoms with E-state index in [-0.39, 0.29) is 0 Å². The number of aromatic amines is 3. The lowest BCUT2D eigenvalue weighted by molar-refractivity contribution is 0.397. The molecule has 3 N–H and O–H groups in total. The molecule has 0 aromatic carbocycles. The molecule has 20 nitrogen and oxygen atoms in total. The number of imidazole rings is 4. The van der Waals surface area contributed by atoms with Crippen LogP contribution < -0.4 is 0 Å². The van der Waals surface area contributed by atoms with Crippen molar-refractivity contribution in [2.45, 2.75) is 235 Å². The molecule has 0 atom stereocenters. The smallest absolute Gasteiger partial charge is 0.133 e. The third-order valence-electron chi connectivity index (χ3n) is 7.11. The van der Waals surface area contributed by atoms with Crippen molar-refractivity contribution in [1.29, 1.82) is 0 Å². The maximum Gasteiger partial charge on any atom is 0.133 e. The van der Waals surface area contributed by atoms with Crippen LogP contribution >= 0.6 is 45.9 Å². The van der Waals surface area contributed by atoms with Crippen LogP contribution in [0.15, 0.2) is 172 Å². The van der Waals surface area contributed by atoms with Crippen molar-refractivity contribution in [2.24, 2.45) is 14.1 Å². The van der Waals surface area contributed by atoms with Crippen molar-refractivity contribution in [3.8, 4) is 0 Å². The lowest BCUT2D eigenvalue weighted by Crippen LogP contribution is -1.83. The molecule has 0 aliphatic carbocycles. The van der Waals surface area contributed by atoms with Gasteiger partial charge in [-0.1, -0.05) is 182 Å². The first-order chi connectivity index (χ1) is 46.7. The molecule has 12 aromatic heterocycles. The van der Waals surface area contributed by atoms with Crippen LogP contribution in [0.2, 0.25) is 0 Å². The zero-order valence-electron chi connectivity index (χ0n) is 66.6. The Morgan fingerprint density at radius 1 is 0.469 bits per heavy atom. The molecule has 0 unspecified atom stereocenters. The minimum atomic E-state index is 0.856. The molecule has 552 valence electrons. The second-order valence-electron chi connectivity index (χ2n) is 14.1. The van der Waals surface area contributed by atoms with E-state index in [2.05, 4.69) is 87.1 Å². The van der Waals surface area contributed by atoms with Gasteiger partial charge >= 0.3 is 0 Å². The summed E-state index contributed by atoms with van der Waals surface area (Å²) in [4.78, 5) is 30.2. The highest BCUT2D eigenvalue weighted by Gasteiger charge is 1.82. The number of hydrogen-bond acceptors (Lipinski definition) is 19. The summed E-state index contributed by atoms with van der Waals surface area (Å²) >= 11 is 6.17. The third-order valence-corrected chi connectivity index (χ3v) is 9.82. The first kappa shape index (κ1) is 116. The predicted molar refractivity (Wildman–Crippen MR) is 424 cm³/mol. The molecular weight excluding hydrogens is 1280 g/mol. The van der Waals surface area contributed by atoms with Gasteiger partial charge in [0.05, 0.1) is 48.3 Å². The average molecular weight is 1420 g/mol. The van der Waals surface area contributed by atoms with E-state index in [4.69, 9.17) is 0 Å². The molecule has 0 saturated heterocycles. The van der Waals surface area contributed by atoms with E-state index in [0.29, 0.717) is 0 Å². The first-order valence-electron chi connectivity index (χ1n) is 33.5. The van der Waals surface area contributed by atoms with Crippen molar-refractivity contribution in [2.75, 3.05) is 0 Å². The van der Waals surface area contributed by atoms with Crippen LogP contribution in [0.25, 0.3) is 0 Å². The summed E-state index contributed by atoms with van der Waals surface area (Å²) in [5, 5.41) is 18.2. The number of aryl methyl sites for hydroxylation is 12. The van der Waals surface area contributed by atoms with Crippen LogP contribution in [0.1, 0.15) is 221 Å². The lowest BCUT2D eigenvalue weighted by atomic mass is 10.4. The van der Waals surface area contributed by atoms with Crippen LogP contribution in [0.5, 0.6) is 0 Å². The zero-order chi connectivity index (χ0) is 76.9. The minimum absolute atomic E-state index is 0.856. The molecule has 12 aromatic rings. The van der Waals surface area contributed by atoms with Crippen LogP contribution in [0.4, 0.5) is 0 Å². The number of nitrogens with zero attached hydrogens (tertiary/aromatic N) is 14. The molecular formula is C72H137N17O3S4. The molecule has 0 bridgehead atoms. The van der Waals surface area contributed by atoms with Gasteiger partial charge < -0.3 is 33.1 Å². The molecule has 0 saturated carbocycles. The first-order valence-corrected chi connectivity index (χ1v) is 36.8. The monoisotopic (exact) mass is 1420 g/mol. The summed E-state index contributed by atoms with van der Waals surface area (Å²) in [6.07, 6.45) is 31.4. The van der Waals surface area contributed by atoms with E-state index in [1.54, 1.807) is 115 Å². The normalized spacial score (nSPS) is 7.38. The fourth-order valence-corrected chi connectivity index (χ4v) is 5.45. The Labute approximate surface area is 602 Å². The maximum absolute atomic E-state index is 4.58. The largest absolute Gasteiger partial charge is 0.365 e. The highest BCUT2D eigenvalue weighted by molar-refractivity contribution is 7.09. The Balaban J connectivity index is -0.0000000779. The average Bonchev–Trinajstić information content (AvgIpc) is 4.46.